The molecule has 2 rings (SSSR count). The zero-order valence-corrected chi connectivity index (χ0v) is 19.1. The lowest BCUT2D eigenvalue weighted by Gasteiger charge is -2.18. The van der Waals surface area contributed by atoms with Crippen LogP contribution in [0.3, 0.4) is 0 Å². The van der Waals surface area contributed by atoms with E-state index in [9.17, 15) is 27.8 Å². The van der Waals surface area contributed by atoms with E-state index in [1.165, 1.54) is 18.2 Å². The quantitative estimate of drug-likeness (QED) is 0.398. The summed E-state index contributed by atoms with van der Waals surface area (Å²) in [5, 5.41) is 20.9. The average molecular weight is 511 g/mol. The van der Waals surface area contributed by atoms with Crippen LogP contribution in [0.4, 0.5) is 10.2 Å². The number of aliphatic carboxylic acids is 1. The lowest BCUT2D eigenvalue weighted by Crippen LogP contribution is -2.32. The first-order chi connectivity index (χ1) is 14.3. The minimum Gasteiger partial charge on any atom is -0.508 e. The van der Waals surface area contributed by atoms with Gasteiger partial charge in [0.15, 0.2) is 11.6 Å². The zero-order valence-electron chi connectivity index (χ0n) is 16.8. The second-order valence-electron chi connectivity index (χ2n) is 7.14. The van der Waals surface area contributed by atoms with Crippen LogP contribution in [-0.2, 0) is 14.6 Å². The highest BCUT2D eigenvalue weighted by molar-refractivity contribution is 7.90. The van der Waals surface area contributed by atoms with Gasteiger partial charge in [0.25, 0.3) is 0 Å². The number of carboxylic acid groups (broad SMARTS) is 1. The predicted octanol–water partition coefficient (Wildman–Crippen LogP) is 5.08. The van der Waals surface area contributed by atoms with Crippen molar-refractivity contribution in [2.45, 2.75) is 39.7 Å². The van der Waals surface area contributed by atoms with Crippen molar-refractivity contribution in [2.24, 2.45) is 0 Å². The Kier molecular flexibility index (Phi) is 9.55. The molecule has 1 atom stereocenters. The third-order valence-corrected chi connectivity index (χ3v) is 5.88. The number of phenols is 1. The van der Waals surface area contributed by atoms with Crippen molar-refractivity contribution in [3.8, 4) is 17.2 Å². The monoisotopic (exact) mass is 510 g/mol. The summed E-state index contributed by atoms with van der Waals surface area (Å²) in [4.78, 5) is 15.0. The smallest absolute Gasteiger partial charge is 0.326 e. The fourth-order valence-corrected chi connectivity index (χ4v) is 3.73. The van der Waals surface area contributed by atoms with Gasteiger partial charge in [-0.05, 0) is 30.5 Å². The average Bonchev–Trinajstić information content (AvgIpc) is 2.66. The molecule has 0 aliphatic rings. The molecule has 3 N–H and O–H groups in total. The lowest BCUT2D eigenvalue weighted by atomic mass is 10.0. The van der Waals surface area contributed by atoms with E-state index < -0.39 is 38.6 Å². The van der Waals surface area contributed by atoms with E-state index in [1.807, 2.05) is 13.8 Å². The van der Waals surface area contributed by atoms with Crippen molar-refractivity contribution in [1.82, 2.24) is 4.98 Å². The molecule has 1 aromatic heterocycles. The summed E-state index contributed by atoms with van der Waals surface area (Å²) < 4.78 is 42.7. The Bertz CT molecular complexity index is 1100. The maximum Gasteiger partial charge on any atom is 0.326 e. The molecule has 1 aromatic carbocycles. The number of benzene rings is 1. The van der Waals surface area contributed by atoms with Crippen LogP contribution in [0.25, 0.3) is 0 Å². The summed E-state index contributed by atoms with van der Waals surface area (Å²) in [5.41, 5.74) is 0.573. The SMILES string of the molecule is C.CC(C)c1cc(Oc2c(Cl)c(F)nc(N[C@@H](CCS(C)(=O)=O)C(=O)O)c2Cl)ccc1O. The van der Waals surface area contributed by atoms with Crippen molar-refractivity contribution in [2.75, 3.05) is 17.3 Å². The summed E-state index contributed by atoms with van der Waals surface area (Å²) >= 11 is 12.2. The molecule has 0 fully saturated rings. The van der Waals surface area contributed by atoms with Gasteiger partial charge >= 0.3 is 5.97 Å². The van der Waals surface area contributed by atoms with Crippen LogP contribution >= 0.6 is 23.2 Å². The first-order valence-electron chi connectivity index (χ1n) is 9.02. The largest absolute Gasteiger partial charge is 0.508 e. The Morgan fingerprint density at radius 1 is 1.28 bits per heavy atom. The van der Waals surface area contributed by atoms with E-state index in [0.717, 1.165) is 6.26 Å². The van der Waals surface area contributed by atoms with Crippen LogP contribution in [0.5, 0.6) is 17.2 Å². The molecule has 8 nitrogen and oxygen atoms in total. The normalized spacial score (nSPS) is 12.2. The van der Waals surface area contributed by atoms with Crippen LogP contribution in [0.1, 0.15) is 39.2 Å². The molecule has 0 aliphatic heterocycles. The number of carboxylic acids is 1. The molecule has 0 spiro atoms. The molecule has 2 aromatic rings. The minimum absolute atomic E-state index is 0. The molecule has 178 valence electrons. The van der Waals surface area contributed by atoms with Crippen molar-refractivity contribution >= 4 is 44.8 Å². The summed E-state index contributed by atoms with van der Waals surface area (Å²) in [6, 6.07) is 2.94. The van der Waals surface area contributed by atoms with Gasteiger partial charge in [-0.15, -0.1) is 0 Å². The van der Waals surface area contributed by atoms with E-state index in [4.69, 9.17) is 27.9 Å². The lowest BCUT2D eigenvalue weighted by molar-refractivity contribution is -0.137. The number of hydrogen-bond acceptors (Lipinski definition) is 7. The number of carbonyl (C=O) groups is 1. The first kappa shape index (κ1) is 27.7. The second-order valence-corrected chi connectivity index (χ2v) is 10.2. The molecule has 0 aliphatic carbocycles. The molecule has 0 amide bonds. The van der Waals surface area contributed by atoms with Crippen molar-refractivity contribution in [3.63, 3.8) is 0 Å². The molecule has 0 unspecified atom stereocenters. The molecular weight excluding hydrogens is 486 g/mol. The fraction of sp³-hybridized carbons (Fsp3) is 0.400. The number of nitrogens with zero attached hydrogens (tertiary/aromatic N) is 1. The zero-order chi connectivity index (χ0) is 23.5. The molecule has 32 heavy (non-hydrogen) atoms. The van der Waals surface area contributed by atoms with Crippen LogP contribution in [0, 0.1) is 5.95 Å². The number of ether oxygens (including phenoxy) is 1. The van der Waals surface area contributed by atoms with E-state index in [0.29, 0.717) is 5.56 Å². The Balaban J connectivity index is 0.00000512. The number of halogens is 3. The van der Waals surface area contributed by atoms with Crippen molar-refractivity contribution < 1.29 is 32.6 Å². The second kappa shape index (κ2) is 11.0. The number of nitrogens with one attached hydrogen (secondary N) is 1. The Hall–Kier alpha value is -2.30. The van der Waals surface area contributed by atoms with Crippen LogP contribution in [-0.4, -0.2) is 47.6 Å². The highest BCUT2D eigenvalue weighted by Gasteiger charge is 2.25. The van der Waals surface area contributed by atoms with Gasteiger partial charge < -0.3 is 20.3 Å². The third-order valence-electron chi connectivity index (χ3n) is 4.22. The van der Waals surface area contributed by atoms with Gasteiger partial charge in [-0.2, -0.15) is 9.37 Å². The molecule has 0 bridgehead atoms. The van der Waals surface area contributed by atoms with E-state index in [1.54, 1.807) is 0 Å². The van der Waals surface area contributed by atoms with Gasteiger partial charge in [0.05, 0.1) is 5.75 Å². The number of phenolic OH excluding ortho intramolecular Hbond substituents is 1. The highest BCUT2D eigenvalue weighted by atomic mass is 35.5. The van der Waals surface area contributed by atoms with Gasteiger partial charge in [-0.1, -0.05) is 44.5 Å². The van der Waals surface area contributed by atoms with Gasteiger partial charge in [0.2, 0.25) is 5.95 Å². The van der Waals surface area contributed by atoms with Gasteiger partial charge in [-0.25, -0.2) is 13.2 Å². The van der Waals surface area contributed by atoms with E-state index in [-0.39, 0.29) is 47.9 Å². The standard InChI is InChI=1S/C19H21Cl2FN2O6S.CH4/c1-9(2)11-8-10(4-5-13(11)25)30-16-14(20)17(22)24-18(15(16)21)23-12(19(26)27)6-7-31(3,28)29;/h4-5,8-9,12,25H,6-7H2,1-3H3,(H,23,24)(H,26,27);1H4/t12-;/m0./s1. The summed E-state index contributed by atoms with van der Waals surface area (Å²) in [6.07, 6.45) is 0.663. The molecule has 12 heteroatoms. The van der Waals surface area contributed by atoms with Crippen molar-refractivity contribution in [1.29, 1.82) is 0 Å². The number of aromatic hydroxyl groups is 1. The number of rotatable bonds is 9. The topological polar surface area (TPSA) is 126 Å². The Morgan fingerprint density at radius 2 is 1.91 bits per heavy atom. The highest BCUT2D eigenvalue weighted by Crippen LogP contribution is 2.42. The number of anilines is 1. The van der Waals surface area contributed by atoms with E-state index in [2.05, 4.69) is 10.3 Å². The molecule has 0 radical (unpaired) electrons. The third kappa shape index (κ3) is 7.11. The molecule has 0 saturated heterocycles. The number of aromatic nitrogens is 1. The summed E-state index contributed by atoms with van der Waals surface area (Å²) in [5.74, 6) is -3.43. The first-order valence-corrected chi connectivity index (χ1v) is 11.8. The number of sulfone groups is 1. The fourth-order valence-electron chi connectivity index (χ4n) is 2.61. The number of pyridine rings is 1. The summed E-state index contributed by atoms with van der Waals surface area (Å²) in [7, 11) is -3.43. The maximum atomic E-state index is 14.3. The van der Waals surface area contributed by atoms with Gasteiger partial charge in [-0.3, -0.25) is 0 Å². The number of hydrogen-bond donors (Lipinski definition) is 3. The van der Waals surface area contributed by atoms with Crippen LogP contribution in [0.15, 0.2) is 18.2 Å². The van der Waals surface area contributed by atoms with Gasteiger partial charge in [0, 0.05) is 11.8 Å². The summed E-state index contributed by atoms with van der Waals surface area (Å²) in [6.45, 7) is 3.71. The van der Waals surface area contributed by atoms with Crippen LogP contribution < -0.4 is 10.1 Å². The van der Waals surface area contributed by atoms with Gasteiger partial charge in [0.1, 0.15) is 37.4 Å². The predicted molar refractivity (Wildman–Crippen MR) is 123 cm³/mol. The molecule has 1 heterocycles. The Morgan fingerprint density at radius 3 is 2.44 bits per heavy atom. The van der Waals surface area contributed by atoms with Crippen molar-refractivity contribution in [3.05, 3.63) is 39.8 Å². The molecular formula is C20H25Cl2FN2O6S. The minimum atomic E-state index is -3.43. The van der Waals surface area contributed by atoms with Crippen LogP contribution in [0.2, 0.25) is 10.0 Å². The molecule has 0 saturated carbocycles. The maximum absolute atomic E-state index is 14.3. The van der Waals surface area contributed by atoms with E-state index >= 15 is 0 Å². The Labute approximate surface area is 196 Å².